The molecule has 0 aliphatic carbocycles. The molecule has 2 unspecified atom stereocenters. The van der Waals surface area contributed by atoms with Crippen LogP contribution in [0.3, 0.4) is 0 Å². The quantitative estimate of drug-likeness (QED) is 0.257. The Morgan fingerprint density at radius 2 is 1.87 bits per heavy atom. The van der Waals surface area contributed by atoms with E-state index in [0.717, 1.165) is 58.1 Å². The summed E-state index contributed by atoms with van der Waals surface area (Å²) in [5.74, 6) is 1.27. The number of morpholine rings is 1. The van der Waals surface area contributed by atoms with Gasteiger partial charge in [0.05, 0.1) is 18.8 Å². The number of benzene rings is 2. The normalized spacial score (nSPS) is 21.5. The molecule has 2 heterocycles. The predicted molar refractivity (Wildman–Crippen MR) is 135 cm³/mol. The summed E-state index contributed by atoms with van der Waals surface area (Å²) < 4.78 is 6.10. The molecule has 0 amide bonds. The van der Waals surface area contributed by atoms with Crippen LogP contribution in [0.5, 0.6) is 5.75 Å². The van der Waals surface area contributed by atoms with Crippen molar-refractivity contribution in [2.45, 2.75) is 31.5 Å². The first kappa shape index (κ1) is 23.8. The van der Waals surface area contributed by atoms with Crippen molar-refractivity contribution in [2.75, 3.05) is 39.8 Å². The zero-order chi connectivity index (χ0) is 20.8. The van der Waals surface area contributed by atoms with E-state index < -0.39 is 0 Å². The summed E-state index contributed by atoms with van der Waals surface area (Å²) in [5.41, 5.74) is 2.59. The van der Waals surface area contributed by atoms with Crippen LogP contribution in [0.25, 0.3) is 0 Å². The van der Waals surface area contributed by atoms with Crippen molar-refractivity contribution >= 4 is 29.9 Å². The number of nitrogens with one attached hydrogen (secondary N) is 1. The minimum atomic E-state index is 0. The highest BCUT2D eigenvalue weighted by Gasteiger charge is 2.41. The molecule has 0 bridgehead atoms. The highest BCUT2D eigenvalue weighted by atomic mass is 127. The van der Waals surface area contributed by atoms with Crippen LogP contribution in [0, 0.1) is 0 Å². The first-order valence-electron chi connectivity index (χ1n) is 10.9. The fraction of sp³-hybridized carbons (Fsp3) is 0.458. The van der Waals surface area contributed by atoms with Gasteiger partial charge in [-0.25, -0.2) is 0 Å². The van der Waals surface area contributed by atoms with Gasteiger partial charge in [-0.3, -0.25) is 9.89 Å². The van der Waals surface area contributed by atoms with Crippen LogP contribution in [0.15, 0.2) is 59.6 Å². The molecular formula is C24H33IN4O2. The lowest BCUT2D eigenvalue weighted by atomic mass is 10.1. The molecule has 168 valence electrons. The van der Waals surface area contributed by atoms with Crippen LogP contribution in [0.2, 0.25) is 0 Å². The van der Waals surface area contributed by atoms with Gasteiger partial charge in [0.15, 0.2) is 5.96 Å². The van der Waals surface area contributed by atoms with Gasteiger partial charge in [0.2, 0.25) is 0 Å². The number of guanidine groups is 1. The second-order valence-electron chi connectivity index (χ2n) is 8.08. The summed E-state index contributed by atoms with van der Waals surface area (Å²) in [6.45, 7) is 5.43. The smallest absolute Gasteiger partial charge is 0.193 e. The predicted octanol–water partition coefficient (Wildman–Crippen LogP) is 3.10. The number of hydrogen-bond donors (Lipinski definition) is 2. The van der Waals surface area contributed by atoms with Gasteiger partial charge in [-0.05, 0) is 36.1 Å². The van der Waals surface area contributed by atoms with E-state index in [1.54, 1.807) is 12.1 Å². The maximum absolute atomic E-state index is 9.40. The number of aliphatic imine (C=N–C) groups is 1. The van der Waals surface area contributed by atoms with Crippen molar-refractivity contribution in [3.05, 3.63) is 65.7 Å². The molecule has 6 nitrogen and oxygen atoms in total. The van der Waals surface area contributed by atoms with E-state index in [2.05, 4.69) is 50.4 Å². The van der Waals surface area contributed by atoms with E-state index in [0.29, 0.717) is 11.8 Å². The van der Waals surface area contributed by atoms with E-state index in [-0.39, 0.29) is 30.1 Å². The summed E-state index contributed by atoms with van der Waals surface area (Å²) >= 11 is 0. The zero-order valence-corrected chi connectivity index (χ0v) is 20.4. The summed E-state index contributed by atoms with van der Waals surface area (Å²) in [6, 6.07) is 18.5. The zero-order valence-electron chi connectivity index (χ0n) is 18.1. The van der Waals surface area contributed by atoms with Gasteiger partial charge in [-0.1, -0.05) is 42.5 Å². The van der Waals surface area contributed by atoms with E-state index in [9.17, 15) is 5.11 Å². The number of phenols is 1. The number of rotatable bonds is 6. The van der Waals surface area contributed by atoms with Gasteiger partial charge >= 0.3 is 0 Å². The van der Waals surface area contributed by atoms with Crippen LogP contribution in [-0.4, -0.2) is 72.8 Å². The molecule has 4 rings (SSSR count). The Hall–Kier alpha value is -1.84. The third-order valence-electron chi connectivity index (χ3n) is 6.02. The Morgan fingerprint density at radius 3 is 2.61 bits per heavy atom. The van der Waals surface area contributed by atoms with Crippen molar-refractivity contribution in [3.63, 3.8) is 0 Å². The molecule has 0 saturated carbocycles. The maximum atomic E-state index is 9.40. The lowest BCUT2D eigenvalue weighted by molar-refractivity contribution is -0.0502. The second-order valence-corrected chi connectivity index (χ2v) is 8.08. The van der Waals surface area contributed by atoms with E-state index in [1.165, 1.54) is 11.1 Å². The first-order valence-corrected chi connectivity index (χ1v) is 10.9. The van der Waals surface area contributed by atoms with E-state index in [1.807, 2.05) is 19.2 Å². The third-order valence-corrected chi connectivity index (χ3v) is 6.02. The number of likely N-dealkylation sites (tertiary alicyclic amines) is 1. The Bertz CT molecular complexity index is 831. The van der Waals surface area contributed by atoms with Gasteiger partial charge in [0.1, 0.15) is 5.75 Å². The lowest BCUT2D eigenvalue weighted by Gasteiger charge is -2.36. The molecule has 2 aromatic carbocycles. The van der Waals surface area contributed by atoms with E-state index in [4.69, 9.17) is 4.74 Å². The van der Waals surface area contributed by atoms with Crippen molar-refractivity contribution in [2.24, 2.45) is 4.99 Å². The summed E-state index contributed by atoms with van der Waals surface area (Å²) in [4.78, 5) is 9.41. The van der Waals surface area contributed by atoms with E-state index >= 15 is 0 Å². The van der Waals surface area contributed by atoms with Gasteiger partial charge < -0.3 is 20.1 Å². The number of phenolic OH excluding ortho intramolecular Hbond substituents is 1. The molecule has 2 aromatic rings. The average molecular weight is 536 g/mol. The third kappa shape index (κ3) is 6.33. The number of nitrogens with zero attached hydrogens (tertiary/aromatic N) is 3. The van der Waals surface area contributed by atoms with Crippen molar-refractivity contribution in [3.8, 4) is 5.75 Å². The molecule has 31 heavy (non-hydrogen) atoms. The monoisotopic (exact) mass is 536 g/mol. The minimum absolute atomic E-state index is 0. The Morgan fingerprint density at radius 1 is 1.10 bits per heavy atom. The van der Waals surface area contributed by atoms with Crippen molar-refractivity contribution in [1.82, 2.24) is 15.1 Å². The summed E-state index contributed by atoms with van der Waals surface area (Å²) in [7, 11) is 1.85. The van der Waals surface area contributed by atoms with Gasteiger partial charge in [0, 0.05) is 39.8 Å². The molecule has 2 fully saturated rings. The molecule has 2 atom stereocenters. The Kier molecular flexibility index (Phi) is 8.98. The molecule has 2 saturated heterocycles. The van der Waals surface area contributed by atoms with Gasteiger partial charge in [0.25, 0.3) is 0 Å². The molecular weight excluding hydrogens is 503 g/mol. The largest absolute Gasteiger partial charge is 0.508 e. The number of fused-ring (bicyclic) bond motifs is 1. The fourth-order valence-electron chi connectivity index (χ4n) is 4.43. The molecule has 0 aromatic heterocycles. The van der Waals surface area contributed by atoms with Crippen LogP contribution >= 0.6 is 24.0 Å². The van der Waals surface area contributed by atoms with Crippen LogP contribution < -0.4 is 5.32 Å². The lowest BCUT2D eigenvalue weighted by Crippen LogP contribution is -2.50. The van der Waals surface area contributed by atoms with Gasteiger partial charge in [-0.15, -0.1) is 24.0 Å². The second kappa shape index (κ2) is 11.7. The van der Waals surface area contributed by atoms with Gasteiger partial charge in [-0.2, -0.15) is 0 Å². The van der Waals surface area contributed by atoms with Crippen LogP contribution in [0.4, 0.5) is 0 Å². The Labute approximate surface area is 202 Å². The highest BCUT2D eigenvalue weighted by molar-refractivity contribution is 14.0. The number of hydrogen-bond acceptors (Lipinski definition) is 4. The minimum Gasteiger partial charge on any atom is -0.508 e. The molecule has 2 aliphatic rings. The summed E-state index contributed by atoms with van der Waals surface area (Å²) in [5, 5.41) is 12.9. The Balaban J connectivity index is 0.00000272. The van der Waals surface area contributed by atoms with Crippen LogP contribution in [0.1, 0.15) is 17.5 Å². The number of halogens is 1. The van der Waals surface area contributed by atoms with Crippen molar-refractivity contribution in [1.29, 1.82) is 0 Å². The molecule has 7 heteroatoms. The number of ether oxygens (including phenoxy) is 1. The fourth-order valence-corrected chi connectivity index (χ4v) is 4.43. The number of aromatic hydroxyl groups is 1. The van der Waals surface area contributed by atoms with Crippen molar-refractivity contribution < 1.29 is 9.84 Å². The topological polar surface area (TPSA) is 60.3 Å². The standard InChI is InChI=1S/C24H32N4O2.HI/c1-25-24(26-13-5-8-19-9-11-21(29)12-10-19)28-17-22-23(18-28)30-15-14-27(22)16-20-6-3-2-4-7-20;/h2-4,6-7,9-12,22-23,29H,5,8,13-18H2,1H3,(H,25,26);1H. The van der Waals surface area contributed by atoms with Crippen LogP contribution in [-0.2, 0) is 17.7 Å². The first-order chi connectivity index (χ1) is 14.7. The molecule has 2 N–H and O–H groups in total. The summed E-state index contributed by atoms with van der Waals surface area (Å²) in [6.07, 6.45) is 2.22. The molecule has 0 radical (unpaired) electrons. The molecule has 2 aliphatic heterocycles. The SMILES string of the molecule is CN=C(NCCCc1ccc(O)cc1)N1CC2OCCN(Cc3ccccc3)C2C1.I. The average Bonchev–Trinajstić information content (AvgIpc) is 3.21. The molecule has 0 spiro atoms. The number of aryl methyl sites for hydroxylation is 1. The maximum Gasteiger partial charge on any atom is 0.193 e. The highest BCUT2D eigenvalue weighted by Crippen LogP contribution is 2.24.